The number of aryl methyl sites for hydroxylation is 2. The van der Waals surface area contributed by atoms with Crippen LogP contribution in [0.4, 0.5) is 0 Å². The van der Waals surface area contributed by atoms with E-state index in [4.69, 9.17) is 0 Å². The third kappa shape index (κ3) is 2.59. The molecule has 0 radical (unpaired) electrons. The van der Waals surface area contributed by atoms with Crippen LogP contribution in [-0.2, 0) is 0 Å². The van der Waals surface area contributed by atoms with Gasteiger partial charge in [-0.2, -0.15) is 0 Å². The number of fused-ring (bicyclic) bond motifs is 1. The summed E-state index contributed by atoms with van der Waals surface area (Å²) in [4.78, 5) is 12.5. The SMILES string of the molecule is Cc1cccc(C)c1C(=O)NC1CC[C@H]2CNC[C@H]2C1. The van der Waals surface area contributed by atoms with E-state index >= 15 is 0 Å². The highest BCUT2D eigenvalue weighted by molar-refractivity contribution is 5.97. The van der Waals surface area contributed by atoms with Gasteiger partial charge in [0.1, 0.15) is 0 Å². The second-order valence-electron chi connectivity index (χ2n) is 6.43. The third-order valence-electron chi connectivity index (χ3n) is 5.00. The molecule has 3 heteroatoms. The summed E-state index contributed by atoms with van der Waals surface area (Å²) in [5.74, 6) is 1.70. The van der Waals surface area contributed by atoms with Crippen LogP contribution < -0.4 is 10.6 Å². The molecule has 1 saturated heterocycles. The van der Waals surface area contributed by atoms with E-state index in [0.717, 1.165) is 47.9 Å². The summed E-state index contributed by atoms with van der Waals surface area (Å²) < 4.78 is 0. The predicted octanol–water partition coefficient (Wildman–Crippen LogP) is 2.42. The molecule has 1 saturated carbocycles. The molecule has 108 valence electrons. The average molecular weight is 272 g/mol. The van der Waals surface area contributed by atoms with Gasteiger partial charge in [-0.05, 0) is 69.2 Å². The zero-order valence-corrected chi connectivity index (χ0v) is 12.4. The van der Waals surface area contributed by atoms with Gasteiger partial charge in [0.2, 0.25) is 0 Å². The van der Waals surface area contributed by atoms with E-state index < -0.39 is 0 Å². The van der Waals surface area contributed by atoms with E-state index in [1.54, 1.807) is 0 Å². The third-order valence-corrected chi connectivity index (χ3v) is 5.00. The van der Waals surface area contributed by atoms with Crippen LogP contribution in [-0.4, -0.2) is 25.0 Å². The Balaban J connectivity index is 1.67. The maximum absolute atomic E-state index is 12.5. The van der Waals surface area contributed by atoms with Gasteiger partial charge in [-0.3, -0.25) is 4.79 Å². The average Bonchev–Trinajstić information content (AvgIpc) is 2.85. The highest BCUT2D eigenvalue weighted by Gasteiger charge is 2.34. The van der Waals surface area contributed by atoms with Gasteiger partial charge < -0.3 is 10.6 Å². The molecule has 1 unspecified atom stereocenters. The molecular weight excluding hydrogens is 248 g/mol. The normalized spacial score (nSPS) is 29.0. The lowest BCUT2D eigenvalue weighted by molar-refractivity contribution is 0.0912. The molecular formula is C17H24N2O. The Labute approximate surface area is 121 Å². The molecule has 1 aliphatic carbocycles. The van der Waals surface area contributed by atoms with Gasteiger partial charge in [0.25, 0.3) is 5.91 Å². The summed E-state index contributed by atoms with van der Waals surface area (Å²) in [6, 6.07) is 6.39. The molecule has 2 fully saturated rings. The maximum atomic E-state index is 12.5. The standard InChI is InChI=1S/C17H24N2O/c1-11-4-3-5-12(2)16(11)17(20)19-15-7-6-13-9-18-10-14(13)8-15/h3-5,13-15,18H,6-10H2,1-2H3,(H,19,20)/t13-,14+,15?/m0/s1. The Morgan fingerprint density at radius 1 is 1.15 bits per heavy atom. The van der Waals surface area contributed by atoms with E-state index in [-0.39, 0.29) is 5.91 Å². The van der Waals surface area contributed by atoms with Crippen LogP contribution >= 0.6 is 0 Å². The second kappa shape index (κ2) is 5.57. The smallest absolute Gasteiger partial charge is 0.252 e. The molecule has 0 aromatic heterocycles. The molecule has 3 nitrogen and oxygen atoms in total. The first-order valence-corrected chi connectivity index (χ1v) is 7.73. The molecule has 2 aliphatic rings. The van der Waals surface area contributed by atoms with Crippen molar-refractivity contribution in [1.82, 2.24) is 10.6 Å². The highest BCUT2D eigenvalue weighted by Crippen LogP contribution is 2.32. The van der Waals surface area contributed by atoms with Crippen molar-refractivity contribution in [2.24, 2.45) is 11.8 Å². The van der Waals surface area contributed by atoms with Crippen LogP contribution in [0.2, 0.25) is 0 Å². The van der Waals surface area contributed by atoms with E-state index in [1.165, 1.54) is 13.0 Å². The van der Waals surface area contributed by atoms with Crippen molar-refractivity contribution < 1.29 is 4.79 Å². The first-order chi connectivity index (χ1) is 9.65. The van der Waals surface area contributed by atoms with E-state index in [9.17, 15) is 4.79 Å². The predicted molar refractivity (Wildman–Crippen MR) is 80.9 cm³/mol. The first kappa shape index (κ1) is 13.6. The van der Waals surface area contributed by atoms with Gasteiger partial charge in [0, 0.05) is 11.6 Å². The highest BCUT2D eigenvalue weighted by atomic mass is 16.1. The number of carbonyl (C=O) groups is 1. The number of rotatable bonds is 2. The summed E-state index contributed by atoms with van der Waals surface area (Å²) in [5, 5.41) is 6.74. The topological polar surface area (TPSA) is 41.1 Å². The zero-order valence-electron chi connectivity index (χ0n) is 12.4. The quantitative estimate of drug-likeness (QED) is 0.868. The number of hydrogen-bond acceptors (Lipinski definition) is 2. The molecule has 20 heavy (non-hydrogen) atoms. The molecule has 1 amide bonds. The number of amides is 1. The van der Waals surface area contributed by atoms with Crippen LogP contribution in [0.25, 0.3) is 0 Å². The van der Waals surface area contributed by atoms with Crippen LogP contribution in [0.5, 0.6) is 0 Å². The molecule has 2 N–H and O–H groups in total. The minimum Gasteiger partial charge on any atom is -0.349 e. The minimum absolute atomic E-state index is 0.106. The molecule has 0 bridgehead atoms. The molecule has 1 aromatic carbocycles. The van der Waals surface area contributed by atoms with Crippen molar-refractivity contribution in [2.45, 2.75) is 39.2 Å². The van der Waals surface area contributed by atoms with Gasteiger partial charge in [0.15, 0.2) is 0 Å². The van der Waals surface area contributed by atoms with Crippen LogP contribution in [0.15, 0.2) is 18.2 Å². The molecule has 1 aromatic rings. The van der Waals surface area contributed by atoms with E-state index in [1.807, 2.05) is 32.0 Å². The van der Waals surface area contributed by atoms with Gasteiger partial charge >= 0.3 is 0 Å². The lowest BCUT2D eigenvalue weighted by atomic mass is 9.79. The minimum atomic E-state index is 0.106. The summed E-state index contributed by atoms with van der Waals surface area (Å²) in [5.41, 5.74) is 3.00. The van der Waals surface area contributed by atoms with Crippen molar-refractivity contribution >= 4 is 5.91 Å². The number of nitrogens with one attached hydrogen (secondary N) is 2. The monoisotopic (exact) mass is 272 g/mol. The molecule has 0 spiro atoms. The van der Waals surface area contributed by atoms with Crippen molar-refractivity contribution in [1.29, 1.82) is 0 Å². The fraction of sp³-hybridized carbons (Fsp3) is 0.588. The van der Waals surface area contributed by atoms with Crippen LogP contribution in [0.3, 0.4) is 0 Å². The number of carbonyl (C=O) groups excluding carboxylic acids is 1. The van der Waals surface area contributed by atoms with Crippen molar-refractivity contribution in [3.63, 3.8) is 0 Å². The fourth-order valence-electron chi connectivity index (χ4n) is 3.86. The Hall–Kier alpha value is -1.35. The molecule has 3 atom stereocenters. The van der Waals surface area contributed by atoms with Gasteiger partial charge in [-0.1, -0.05) is 18.2 Å². The first-order valence-electron chi connectivity index (χ1n) is 7.73. The Kier molecular flexibility index (Phi) is 3.79. The number of benzene rings is 1. The Morgan fingerprint density at radius 3 is 2.60 bits per heavy atom. The second-order valence-corrected chi connectivity index (χ2v) is 6.43. The number of hydrogen-bond donors (Lipinski definition) is 2. The largest absolute Gasteiger partial charge is 0.349 e. The summed E-state index contributed by atoms with van der Waals surface area (Å²) >= 11 is 0. The van der Waals surface area contributed by atoms with E-state index in [2.05, 4.69) is 10.6 Å². The van der Waals surface area contributed by atoms with Crippen LogP contribution in [0, 0.1) is 25.7 Å². The fourth-order valence-corrected chi connectivity index (χ4v) is 3.86. The summed E-state index contributed by atoms with van der Waals surface area (Å²) in [6.07, 6.45) is 3.50. The molecule has 3 rings (SSSR count). The lowest BCUT2D eigenvalue weighted by Gasteiger charge is -2.31. The van der Waals surface area contributed by atoms with Crippen molar-refractivity contribution in [2.75, 3.05) is 13.1 Å². The summed E-state index contributed by atoms with van der Waals surface area (Å²) in [6.45, 7) is 6.32. The van der Waals surface area contributed by atoms with E-state index in [0.29, 0.717) is 6.04 Å². The molecule has 1 heterocycles. The van der Waals surface area contributed by atoms with Gasteiger partial charge in [0.05, 0.1) is 0 Å². The van der Waals surface area contributed by atoms with Gasteiger partial charge in [-0.15, -0.1) is 0 Å². The Bertz CT molecular complexity index is 491. The zero-order chi connectivity index (χ0) is 14.1. The summed E-state index contributed by atoms with van der Waals surface area (Å²) in [7, 11) is 0. The maximum Gasteiger partial charge on any atom is 0.252 e. The van der Waals surface area contributed by atoms with Crippen molar-refractivity contribution in [3.8, 4) is 0 Å². The molecule has 1 aliphatic heterocycles. The van der Waals surface area contributed by atoms with Crippen molar-refractivity contribution in [3.05, 3.63) is 34.9 Å². The Morgan fingerprint density at radius 2 is 1.85 bits per heavy atom. The lowest BCUT2D eigenvalue weighted by Crippen LogP contribution is -2.41. The van der Waals surface area contributed by atoms with Gasteiger partial charge in [-0.25, -0.2) is 0 Å². The van der Waals surface area contributed by atoms with Crippen LogP contribution in [0.1, 0.15) is 40.7 Å².